The maximum atomic E-state index is 6.08. The van der Waals surface area contributed by atoms with Crippen LogP contribution >= 0.6 is 11.3 Å². The van der Waals surface area contributed by atoms with Crippen LogP contribution in [0.5, 0.6) is 0 Å². The van der Waals surface area contributed by atoms with Crippen LogP contribution in [0.3, 0.4) is 0 Å². The predicted octanol–water partition coefficient (Wildman–Crippen LogP) is 3.30. The molecule has 0 bridgehead atoms. The third kappa shape index (κ3) is 2.00. The van der Waals surface area contributed by atoms with E-state index in [4.69, 9.17) is 5.73 Å². The topological polar surface area (TPSA) is 56.7 Å². The number of benzene rings is 1. The normalized spacial score (nSPS) is 13.0. The summed E-state index contributed by atoms with van der Waals surface area (Å²) in [4.78, 5) is 8.98. The Labute approximate surface area is 115 Å². The molecule has 0 saturated carbocycles. The van der Waals surface area contributed by atoms with E-state index in [1.54, 1.807) is 11.3 Å². The molecule has 19 heavy (non-hydrogen) atoms. The minimum absolute atomic E-state index is 0.102. The van der Waals surface area contributed by atoms with Gasteiger partial charge in [0, 0.05) is 11.1 Å². The average molecular weight is 272 g/mol. The lowest BCUT2D eigenvalue weighted by Crippen LogP contribution is -2.10. The number of thiazole rings is 1. The number of anilines is 1. The summed E-state index contributed by atoms with van der Waals surface area (Å²) >= 11 is 1.66. The maximum absolute atomic E-state index is 6.08. The lowest BCUT2D eigenvalue weighted by molar-refractivity contribution is 0.661. The molecule has 0 aliphatic rings. The summed E-state index contributed by atoms with van der Waals surface area (Å²) in [6.07, 6.45) is 0. The fourth-order valence-electron chi connectivity index (χ4n) is 2.30. The molecule has 0 aliphatic heterocycles. The molecule has 0 spiro atoms. The van der Waals surface area contributed by atoms with Crippen LogP contribution in [0, 0.1) is 13.8 Å². The lowest BCUT2D eigenvalue weighted by atomic mass is 10.2. The first-order chi connectivity index (χ1) is 9.06. The van der Waals surface area contributed by atoms with Crippen molar-refractivity contribution in [1.29, 1.82) is 0 Å². The summed E-state index contributed by atoms with van der Waals surface area (Å²) < 4.78 is 2.06. The van der Waals surface area contributed by atoms with Crippen LogP contribution in [0.15, 0.2) is 23.6 Å². The quantitative estimate of drug-likeness (QED) is 0.778. The van der Waals surface area contributed by atoms with Gasteiger partial charge in [-0.15, -0.1) is 11.3 Å². The molecule has 2 aromatic heterocycles. The van der Waals surface area contributed by atoms with Crippen LogP contribution in [0.4, 0.5) is 5.95 Å². The number of rotatable bonds is 2. The summed E-state index contributed by atoms with van der Waals surface area (Å²) in [7, 11) is 0. The SMILES string of the molecule is Cc1ccc2nc(N)n(C(C)c3nc(C)cs3)c2c1. The van der Waals surface area contributed by atoms with Crippen LogP contribution in [-0.4, -0.2) is 14.5 Å². The Morgan fingerprint density at radius 1 is 1.26 bits per heavy atom. The third-order valence-electron chi connectivity index (χ3n) is 3.25. The number of hydrogen-bond acceptors (Lipinski definition) is 4. The number of imidazole rings is 1. The number of nitrogens with two attached hydrogens (primary N) is 1. The Morgan fingerprint density at radius 3 is 2.74 bits per heavy atom. The second-order valence-corrected chi connectivity index (χ2v) is 5.72. The molecule has 5 heteroatoms. The molecule has 2 N–H and O–H groups in total. The van der Waals surface area contributed by atoms with E-state index in [-0.39, 0.29) is 6.04 Å². The van der Waals surface area contributed by atoms with Gasteiger partial charge in [-0.3, -0.25) is 0 Å². The maximum Gasteiger partial charge on any atom is 0.201 e. The lowest BCUT2D eigenvalue weighted by Gasteiger charge is -2.13. The molecule has 3 rings (SSSR count). The van der Waals surface area contributed by atoms with E-state index in [1.807, 2.05) is 13.0 Å². The van der Waals surface area contributed by atoms with Crippen molar-refractivity contribution >= 4 is 28.3 Å². The van der Waals surface area contributed by atoms with Crippen molar-refractivity contribution < 1.29 is 0 Å². The zero-order chi connectivity index (χ0) is 13.6. The number of hydrogen-bond donors (Lipinski definition) is 1. The Balaban J connectivity index is 2.18. The molecule has 1 unspecified atom stereocenters. The van der Waals surface area contributed by atoms with Gasteiger partial charge in [0.1, 0.15) is 5.01 Å². The number of aromatic nitrogens is 3. The first-order valence-corrected chi connectivity index (χ1v) is 7.10. The van der Waals surface area contributed by atoms with E-state index in [9.17, 15) is 0 Å². The van der Waals surface area contributed by atoms with E-state index >= 15 is 0 Å². The first kappa shape index (κ1) is 12.2. The molecule has 3 aromatic rings. The van der Waals surface area contributed by atoms with E-state index in [2.05, 4.69) is 45.9 Å². The molecule has 0 saturated heterocycles. The van der Waals surface area contributed by atoms with Gasteiger partial charge in [-0.1, -0.05) is 6.07 Å². The molecule has 1 atom stereocenters. The second kappa shape index (κ2) is 4.35. The number of nitrogen functional groups attached to an aromatic ring is 1. The highest BCUT2D eigenvalue weighted by atomic mass is 32.1. The standard InChI is InChI=1S/C14H16N4S/c1-8-4-5-11-12(6-8)18(14(15)17-11)10(3)13-16-9(2)7-19-13/h4-7,10H,1-3H3,(H2,15,17). The Kier molecular flexibility index (Phi) is 2.78. The number of aryl methyl sites for hydroxylation is 2. The molecular formula is C14H16N4S. The third-order valence-corrected chi connectivity index (χ3v) is 4.39. The average Bonchev–Trinajstić information content (AvgIpc) is 2.91. The summed E-state index contributed by atoms with van der Waals surface area (Å²) in [5.41, 5.74) is 10.3. The van der Waals surface area contributed by atoms with Gasteiger partial charge in [-0.05, 0) is 38.5 Å². The second-order valence-electron chi connectivity index (χ2n) is 4.84. The fraction of sp³-hybridized carbons (Fsp3) is 0.286. The predicted molar refractivity (Wildman–Crippen MR) is 79.5 cm³/mol. The van der Waals surface area contributed by atoms with Gasteiger partial charge in [-0.2, -0.15) is 0 Å². The summed E-state index contributed by atoms with van der Waals surface area (Å²) in [6.45, 7) is 6.19. The van der Waals surface area contributed by atoms with Gasteiger partial charge in [-0.25, -0.2) is 9.97 Å². The van der Waals surface area contributed by atoms with Crippen molar-refractivity contribution in [3.63, 3.8) is 0 Å². The molecule has 2 heterocycles. The molecule has 1 aromatic carbocycles. The first-order valence-electron chi connectivity index (χ1n) is 6.22. The molecule has 0 amide bonds. The van der Waals surface area contributed by atoms with Crippen molar-refractivity contribution in [1.82, 2.24) is 14.5 Å². The molecule has 0 aliphatic carbocycles. The Morgan fingerprint density at radius 2 is 2.05 bits per heavy atom. The van der Waals surface area contributed by atoms with Gasteiger partial charge < -0.3 is 10.3 Å². The zero-order valence-electron chi connectivity index (χ0n) is 11.2. The van der Waals surface area contributed by atoms with Gasteiger partial charge in [0.25, 0.3) is 0 Å². The molecule has 0 fully saturated rings. The van der Waals surface area contributed by atoms with Gasteiger partial charge >= 0.3 is 0 Å². The smallest absolute Gasteiger partial charge is 0.201 e. The van der Waals surface area contributed by atoms with Gasteiger partial charge in [0.15, 0.2) is 0 Å². The highest BCUT2D eigenvalue weighted by Gasteiger charge is 2.17. The number of nitrogens with zero attached hydrogens (tertiary/aromatic N) is 3. The van der Waals surface area contributed by atoms with Crippen LogP contribution in [0.1, 0.15) is 29.2 Å². The largest absolute Gasteiger partial charge is 0.369 e. The van der Waals surface area contributed by atoms with Crippen LogP contribution in [0.2, 0.25) is 0 Å². The highest BCUT2D eigenvalue weighted by molar-refractivity contribution is 7.09. The van der Waals surface area contributed by atoms with Crippen molar-refractivity contribution in [2.45, 2.75) is 26.8 Å². The van der Waals surface area contributed by atoms with Crippen molar-refractivity contribution in [2.75, 3.05) is 5.73 Å². The van der Waals surface area contributed by atoms with Crippen LogP contribution < -0.4 is 5.73 Å². The van der Waals surface area contributed by atoms with E-state index < -0.39 is 0 Å². The summed E-state index contributed by atoms with van der Waals surface area (Å²) in [6, 6.07) is 6.29. The molecule has 4 nitrogen and oxygen atoms in total. The highest BCUT2D eigenvalue weighted by Crippen LogP contribution is 2.29. The van der Waals surface area contributed by atoms with Gasteiger partial charge in [0.05, 0.1) is 17.1 Å². The molecule has 98 valence electrons. The summed E-state index contributed by atoms with van der Waals surface area (Å²) in [5.74, 6) is 0.543. The molecule has 0 radical (unpaired) electrons. The Bertz CT molecular complexity index is 741. The monoisotopic (exact) mass is 272 g/mol. The van der Waals surface area contributed by atoms with Crippen LogP contribution in [0.25, 0.3) is 11.0 Å². The van der Waals surface area contributed by atoms with Crippen molar-refractivity contribution in [3.05, 3.63) is 39.8 Å². The Hall–Kier alpha value is -1.88. The van der Waals surface area contributed by atoms with Gasteiger partial charge in [0.2, 0.25) is 5.95 Å². The molecular weight excluding hydrogens is 256 g/mol. The zero-order valence-corrected chi connectivity index (χ0v) is 12.0. The van der Waals surface area contributed by atoms with Crippen molar-refractivity contribution in [2.24, 2.45) is 0 Å². The van der Waals surface area contributed by atoms with Crippen molar-refractivity contribution in [3.8, 4) is 0 Å². The minimum Gasteiger partial charge on any atom is -0.369 e. The van der Waals surface area contributed by atoms with Crippen LogP contribution in [-0.2, 0) is 0 Å². The van der Waals surface area contributed by atoms with E-state index in [1.165, 1.54) is 5.56 Å². The van der Waals surface area contributed by atoms with E-state index in [0.717, 1.165) is 21.7 Å². The minimum atomic E-state index is 0.102. The van der Waals surface area contributed by atoms with E-state index in [0.29, 0.717) is 5.95 Å². The fourth-order valence-corrected chi connectivity index (χ4v) is 3.15. The number of fused-ring (bicyclic) bond motifs is 1. The summed E-state index contributed by atoms with van der Waals surface area (Å²) in [5, 5.41) is 3.12.